The van der Waals surface area contributed by atoms with Crippen molar-refractivity contribution in [1.29, 1.82) is 0 Å². The lowest BCUT2D eigenvalue weighted by Crippen LogP contribution is -2.51. The highest BCUT2D eigenvalue weighted by Gasteiger charge is 2.62. The molecular formula is C22H30O. The van der Waals surface area contributed by atoms with Crippen LogP contribution in [-0.4, -0.2) is 11.7 Å². The molecule has 0 heterocycles. The summed E-state index contributed by atoms with van der Waals surface area (Å²) in [5.41, 5.74) is 5.16. The zero-order valence-corrected chi connectivity index (χ0v) is 14.6. The third kappa shape index (κ3) is 1.89. The minimum Gasteiger partial charge on any atom is -0.396 e. The molecule has 1 heteroatoms. The van der Waals surface area contributed by atoms with Gasteiger partial charge >= 0.3 is 0 Å². The van der Waals surface area contributed by atoms with Crippen molar-refractivity contribution in [2.45, 2.75) is 52.4 Å². The maximum absolute atomic E-state index is 9.87. The van der Waals surface area contributed by atoms with Crippen molar-refractivity contribution in [3.8, 4) is 0 Å². The van der Waals surface area contributed by atoms with Crippen LogP contribution in [-0.2, 0) is 0 Å². The molecule has 0 unspecified atom stereocenters. The number of hydrogen-bond acceptors (Lipinski definition) is 1. The van der Waals surface area contributed by atoms with Gasteiger partial charge in [0.2, 0.25) is 0 Å². The monoisotopic (exact) mass is 310 g/mol. The van der Waals surface area contributed by atoms with Gasteiger partial charge in [0.25, 0.3) is 0 Å². The minimum absolute atomic E-state index is 0.268. The lowest BCUT2D eigenvalue weighted by Gasteiger charge is -2.59. The Morgan fingerprint density at radius 2 is 2.17 bits per heavy atom. The molecule has 0 aromatic carbocycles. The van der Waals surface area contributed by atoms with Crippen molar-refractivity contribution in [2.75, 3.05) is 6.61 Å². The van der Waals surface area contributed by atoms with Gasteiger partial charge in [0, 0.05) is 17.4 Å². The van der Waals surface area contributed by atoms with Crippen LogP contribution in [0.4, 0.5) is 0 Å². The summed E-state index contributed by atoms with van der Waals surface area (Å²) in [6.45, 7) is 9.10. The summed E-state index contributed by atoms with van der Waals surface area (Å²) in [5, 5.41) is 9.87. The van der Waals surface area contributed by atoms with E-state index in [1.165, 1.54) is 49.7 Å². The Labute approximate surface area is 140 Å². The standard InChI is InChI=1S/C22H30O/c1-15(2)17-7-11-21-9-4-5-19-18(14-23)8-12-22(19,21)10-6-16(3)20(21)13-17/h4-6,10,17-19,23H,1,7-9,11-14H2,2-3H3/t17-,18-,19-,21-,22-/m1/s1. The van der Waals surface area contributed by atoms with E-state index in [2.05, 4.69) is 44.7 Å². The minimum atomic E-state index is 0.268. The summed E-state index contributed by atoms with van der Waals surface area (Å²) in [6, 6.07) is 0. The van der Waals surface area contributed by atoms with Crippen molar-refractivity contribution >= 4 is 0 Å². The lowest BCUT2D eigenvalue weighted by atomic mass is 9.45. The van der Waals surface area contributed by atoms with E-state index in [-0.39, 0.29) is 5.41 Å². The molecule has 4 aliphatic carbocycles. The molecule has 0 aromatic rings. The fraction of sp³-hybridized carbons (Fsp3) is 0.636. The second-order valence-electron chi connectivity index (χ2n) is 8.54. The van der Waals surface area contributed by atoms with Gasteiger partial charge in [-0.1, -0.05) is 47.6 Å². The van der Waals surface area contributed by atoms with Gasteiger partial charge in [-0.25, -0.2) is 0 Å². The molecule has 2 spiro atoms. The molecule has 4 aliphatic rings. The van der Waals surface area contributed by atoms with Gasteiger partial charge in [-0.3, -0.25) is 0 Å². The van der Waals surface area contributed by atoms with Crippen LogP contribution in [0.3, 0.4) is 0 Å². The Kier molecular flexibility index (Phi) is 3.50. The van der Waals surface area contributed by atoms with Crippen molar-refractivity contribution in [2.24, 2.45) is 28.6 Å². The first-order valence-corrected chi connectivity index (χ1v) is 9.36. The molecule has 0 aromatic heterocycles. The normalized spacial score (nSPS) is 44.7. The third-order valence-electron chi connectivity index (χ3n) is 7.72. The molecule has 0 amide bonds. The Morgan fingerprint density at radius 1 is 1.35 bits per heavy atom. The maximum atomic E-state index is 9.87. The van der Waals surface area contributed by atoms with Crippen LogP contribution in [0.5, 0.6) is 0 Å². The highest BCUT2D eigenvalue weighted by Crippen LogP contribution is 2.70. The molecule has 1 nitrogen and oxygen atoms in total. The molecule has 0 aliphatic heterocycles. The predicted molar refractivity (Wildman–Crippen MR) is 95.9 cm³/mol. The maximum Gasteiger partial charge on any atom is 0.0465 e. The van der Waals surface area contributed by atoms with Gasteiger partial charge in [-0.15, -0.1) is 0 Å². The average molecular weight is 310 g/mol. The van der Waals surface area contributed by atoms with Gasteiger partial charge in [0.1, 0.15) is 0 Å². The smallest absolute Gasteiger partial charge is 0.0465 e. The van der Waals surface area contributed by atoms with Crippen LogP contribution in [0.15, 0.2) is 47.6 Å². The first kappa shape index (κ1) is 15.4. The summed E-state index contributed by atoms with van der Waals surface area (Å²) >= 11 is 0. The van der Waals surface area contributed by atoms with E-state index >= 15 is 0 Å². The summed E-state index contributed by atoms with van der Waals surface area (Å²) in [4.78, 5) is 0. The van der Waals surface area contributed by atoms with E-state index in [9.17, 15) is 5.11 Å². The van der Waals surface area contributed by atoms with Crippen LogP contribution in [0, 0.1) is 28.6 Å². The second-order valence-corrected chi connectivity index (χ2v) is 8.54. The fourth-order valence-electron chi connectivity index (χ4n) is 6.43. The van der Waals surface area contributed by atoms with Crippen LogP contribution in [0.1, 0.15) is 52.4 Å². The first-order chi connectivity index (χ1) is 11.0. The number of allylic oxidation sites excluding steroid dienone is 7. The van der Waals surface area contributed by atoms with E-state index in [1.807, 2.05) is 0 Å². The van der Waals surface area contributed by atoms with Crippen molar-refractivity contribution in [1.82, 2.24) is 0 Å². The van der Waals surface area contributed by atoms with E-state index < -0.39 is 0 Å². The molecule has 23 heavy (non-hydrogen) atoms. The summed E-state index contributed by atoms with van der Waals surface area (Å²) in [6.07, 6.45) is 17.2. The van der Waals surface area contributed by atoms with Gasteiger partial charge in [-0.2, -0.15) is 0 Å². The molecule has 0 radical (unpaired) electrons. The Hall–Kier alpha value is -1.08. The molecule has 4 rings (SSSR count). The predicted octanol–water partition coefficient (Wildman–Crippen LogP) is 5.20. The zero-order valence-electron chi connectivity index (χ0n) is 14.6. The molecule has 2 saturated carbocycles. The van der Waals surface area contributed by atoms with Gasteiger partial charge < -0.3 is 5.11 Å². The van der Waals surface area contributed by atoms with Crippen molar-refractivity contribution < 1.29 is 5.11 Å². The third-order valence-corrected chi connectivity index (χ3v) is 7.72. The summed E-state index contributed by atoms with van der Waals surface area (Å²) in [7, 11) is 0. The Balaban J connectivity index is 1.82. The highest BCUT2D eigenvalue weighted by molar-refractivity contribution is 5.45. The molecule has 0 saturated heterocycles. The number of aliphatic hydroxyl groups is 1. The highest BCUT2D eigenvalue weighted by atomic mass is 16.3. The van der Waals surface area contributed by atoms with Crippen molar-refractivity contribution in [3.63, 3.8) is 0 Å². The van der Waals surface area contributed by atoms with Crippen LogP contribution >= 0.6 is 0 Å². The molecule has 1 N–H and O–H groups in total. The zero-order chi connectivity index (χ0) is 16.2. The quantitative estimate of drug-likeness (QED) is 0.695. The average Bonchev–Trinajstić information content (AvgIpc) is 2.92. The lowest BCUT2D eigenvalue weighted by molar-refractivity contribution is 0.0326. The molecular weight excluding hydrogens is 280 g/mol. The largest absolute Gasteiger partial charge is 0.396 e. The summed E-state index contributed by atoms with van der Waals surface area (Å²) in [5.74, 6) is 1.64. The van der Waals surface area contributed by atoms with Crippen LogP contribution in [0.25, 0.3) is 0 Å². The van der Waals surface area contributed by atoms with Gasteiger partial charge in [-0.05, 0) is 70.1 Å². The van der Waals surface area contributed by atoms with Crippen LogP contribution in [0.2, 0.25) is 0 Å². The molecule has 124 valence electrons. The second kappa shape index (κ2) is 5.21. The molecule has 0 bridgehead atoms. The SMILES string of the molecule is C=C(C)[C@@H]1CC[C@@]23CC=C[C@@H]4[C@@H](CO)CC[C@]42C=CC(C)=C3C1. The first-order valence-electron chi connectivity index (χ1n) is 9.36. The van der Waals surface area contributed by atoms with E-state index in [1.54, 1.807) is 5.57 Å². The molecule has 5 atom stereocenters. The Morgan fingerprint density at radius 3 is 2.91 bits per heavy atom. The van der Waals surface area contributed by atoms with E-state index in [4.69, 9.17) is 0 Å². The number of hydrogen-bond donors (Lipinski definition) is 1. The van der Waals surface area contributed by atoms with Crippen molar-refractivity contribution in [3.05, 3.63) is 47.6 Å². The van der Waals surface area contributed by atoms with Gasteiger partial charge in [0.15, 0.2) is 0 Å². The summed E-state index contributed by atoms with van der Waals surface area (Å²) < 4.78 is 0. The Bertz CT molecular complexity index is 622. The van der Waals surface area contributed by atoms with Crippen LogP contribution < -0.4 is 0 Å². The number of aliphatic hydroxyl groups excluding tert-OH is 1. The number of rotatable bonds is 2. The fourth-order valence-corrected chi connectivity index (χ4v) is 6.43. The van der Waals surface area contributed by atoms with Gasteiger partial charge in [0.05, 0.1) is 0 Å². The van der Waals surface area contributed by atoms with E-state index in [0.29, 0.717) is 29.8 Å². The van der Waals surface area contributed by atoms with E-state index in [0.717, 1.165) is 0 Å². The molecule has 2 fully saturated rings. The topological polar surface area (TPSA) is 20.2 Å².